The number of aromatic nitrogens is 1. The smallest absolute Gasteiger partial charge is 0.273 e. The molecule has 3 aromatic carbocycles. The molecule has 7 heteroatoms. The molecule has 0 aliphatic carbocycles. The topological polar surface area (TPSA) is 55.6 Å². The Hall–Kier alpha value is -3.54. The summed E-state index contributed by atoms with van der Waals surface area (Å²) in [4.78, 5) is 12.7. The molecule has 1 amide bonds. The van der Waals surface area contributed by atoms with Gasteiger partial charge in [0.15, 0.2) is 0 Å². The molecule has 0 atom stereocenters. The van der Waals surface area contributed by atoms with Crippen LogP contribution < -0.4 is 10.2 Å². The van der Waals surface area contributed by atoms with Crippen LogP contribution in [0.2, 0.25) is 10.0 Å². The Balaban J connectivity index is 1.41. The maximum atomic E-state index is 12.7. The number of ether oxygens (including phenoxy) is 1. The first-order chi connectivity index (χ1) is 15.6. The summed E-state index contributed by atoms with van der Waals surface area (Å²) in [7, 11) is 0. The summed E-state index contributed by atoms with van der Waals surface area (Å²) in [5, 5.41) is 5.20. The lowest BCUT2D eigenvalue weighted by atomic mass is 10.1. The Morgan fingerprint density at radius 3 is 2.44 bits per heavy atom. The molecule has 1 N–H and O–H groups in total. The van der Waals surface area contributed by atoms with Crippen LogP contribution in [-0.2, 0) is 6.61 Å². The van der Waals surface area contributed by atoms with Gasteiger partial charge in [0.1, 0.15) is 12.4 Å². The fourth-order valence-electron chi connectivity index (χ4n) is 3.12. The molecule has 4 aromatic rings. The maximum absolute atomic E-state index is 12.7. The number of rotatable bonds is 7. The molecule has 32 heavy (non-hydrogen) atoms. The van der Waals surface area contributed by atoms with Gasteiger partial charge in [-0.3, -0.25) is 4.79 Å². The van der Waals surface area contributed by atoms with Crippen molar-refractivity contribution in [2.75, 3.05) is 0 Å². The number of amides is 1. The largest absolute Gasteiger partial charge is 0.489 e. The van der Waals surface area contributed by atoms with Crippen LogP contribution in [0, 0.1) is 0 Å². The number of halogens is 2. The highest BCUT2D eigenvalue weighted by Gasteiger charge is 2.11. The number of benzene rings is 3. The highest BCUT2D eigenvalue weighted by Crippen LogP contribution is 2.26. The summed E-state index contributed by atoms with van der Waals surface area (Å²) < 4.78 is 7.71. The molecule has 0 spiro atoms. The quantitative estimate of drug-likeness (QED) is 0.264. The zero-order chi connectivity index (χ0) is 22.3. The summed E-state index contributed by atoms with van der Waals surface area (Å²) in [6.45, 7) is 0.242. The van der Waals surface area contributed by atoms with Crippen LogP contribution in [-0.4, -0.2) is 16.7 Å². The van der Waals surface area contributed by atoms with E-state index in [1.165, 1.54) is 0 Å². The minimum atomic E-state index is -0.300. The minimum Gasteiger partial charge on any atom is -0.489 e. The first-order valence-electron chi connectivity index (χ1n) is 9.83. The average Bonchev–Trinajstić information content (AvgIpc) is 3.34. The summed E-state index contributed by atoms with van der Waals surface area (Å²) in [5.74, 6) is 0.334. The average molecular weight is 464 g/mol. The van der Waals surface area contributed by atoms with Crippen molar-refractivity contribution >= 4 is 35.3 Å². The van der Waals surface area contributed by atoms with E-state index in [4.69, 9.17) is 27.9 Å². The molecular formula is C25H19Cl2N3O2. The van der Waals surface area contributed by atoms with Gasteiger partial charge < -0.3 is 9.30 Å². The summed E-state index contributed by atoms with van der Waals surface area (Å²) in [5.41, 5.74) is 5.38. The summed E-state index contributed by atoms with van der Waals surface area (Å²) in [6.07, 6.45) is 5.33. The van der Waals surface area contributed by atoms with Crippen LogP contribution in [0.15, 0.2) is 96.4 Å². The third-order valence-corrected chi connectivity index (χ3v) is 5.42. The lowest BCUT2D eigenvalue weighted by Gasteiger charge is -2.10. The SMILES string of the molecule is O=C(N/N=C/c1cccc(OCc2c(Cl)cccc2Cl)c1)c1ccccc1-n1cccc1. The Morgan fingerprint density at radius 2 is 1.66 bits per heavy atom. The number of para-hydroxylation sites is 1. The molecule has 0 aliphatic rings. The van der Waals surface area contributed by atoms with Crippen LogP contribution in [0.25, 0.3) is 5.69 Å². The van der Waals surface area contributed by atoms with Gasteiger partial charge in [-0.05, 0) is 54.1 Å². The third kappa shape index (κ3) is 5.19. The second-order valence-electron chi connectivity index (χ2n) is 6.87. The first-order valence-corrected chi connectivity index (χ1v) is 10.6. The van der Waals surface area contributed by atoms with E-state index in [9.17, 15) is 4.79 Å². The van der Waals surface area contributed by atoms with Gasteiger partial charge in [0.05, 0.1) is 17.5 Å². The Kier molecular flexibility index (Phi) is 6.90. The lowest BCUT2D eigenvalue weighted by molar-refractivity contribution is 0.0955. The zero-order valence-corrected chi connectivity index (χ0v) is 18.4. The number of carbonyl (C=O) groups is 1. The lowest BCUT2D eigenvalue weighted by Crippen LogP contribution is -2.19. The molecule has 0 fully saturated rings. The van der Waals surface area contributed by atoms with Crippen LogP contribution in [0.4, 0.5) is 0 Å². The van der Waals surface area contributed by atoms with Gasteiger partial charge in [-0.2, -0.15) is 5.10 Å². The van der Waals surface area contributed by atoms with Crippen molar-refractivity contribution in [2.45, 2.75) is 6.61 Å². The molecule has 0 saturated carbocycles. The van der Waals surface area contributed by atoms with Gasteiger partial charge in [0.25, 0.3) is 5.91 Å². The van der Waals surface area contributed by atoms with E-state index in [1.807, 2.05) is 71.6 Å². The Morgan fingerprint density at radius 1 is 0.938 bits per heavy atom. The number of hydrazone groups is 1. The van der Waals surface area contributed by atoms with E-state index in [0.717, 1.165) is 16.8 Å². The molecule has 0 bridgehead atoms. The fraction of sp³-hybridized carbons (Fsp3) is 0.0400. The van der Waals surface area contributed by atoms with Gasteiger partial charge in [-0.25, -0.2) is 5.43 Å². The van der Waals surface area contributed by atoms with Gasteiger partial charge in [-0.1, -0.05) is 53.5 Å². The van der Waals surface area contributed by atoms with Crippen molar-refractivity contribution in [3.05, 3.63) is 118 Å². The molecular weight excluding hydrogens is 445 g/mol. The number of nitrogens with zero attached hydrogens (tertiary/aromatic N) is 2. The van der Waals surface area contributed by atoms with Gasteiger partial charge in [-0.15, -0.1) is 0 Å². The molecule has 0 saturated heterocycles. The van der Waals surface area contributed by atoms with Crippen molar-refractivity contribution in [1.82, 2.24) is 9.99 Å². The Labute approximate surface area is 195 Å². The van der Waals surface area contributed by atoms with Crippen molar-refractivity contribution in [3.8, 4) is 11.4 Å². The predicted molar refractivity (Wildman–Crippen MR) is 128 cm³/mol. The van der Waals surface area contributed by atoms with E-state index < -0.39 is 0 Å². The van der Waals surface area contributed by atoms with E-state index >= 15 is 0 Å². The molecule has 160 valence electrons. The summed E-state index contributed by atoms with van der Waals surface area (Å²) in [6, 6.07) is 23.8. The van der Waals surface area contributed by atoms with E-state index in [1.54, 1.807) is 30.5 Å². The number of carbonyl (C=O) groups excluding carboxylic acids is 1. The van der Waals surface area contributed by atoms with Crippen LogP contribution in [0.1, 0.15) is 21.5 Å². The third-order valence-electron chi connectivity index (χ3n) is 4.71. The summed E-state index contributed by atoms with van der Waals surface area (Å²) >= 11 is 12.4. The van der Waals surface area contributed by atoms with Crippen LogP contribution in [0.5, 0.6) is 5.75 Å². The maximum Gasteiger partial charge on any atom is 0.273 e. The van der Waals surface area contributed by atoms with E-state index in [-0.39, 0.29) is 12.5 Å². The molecule has 5 nitrogen and oxygen atoms in total. The molecule has 0 aliphatic heterocycles. The predicted octanol–water partition coefficient (Wildman–Crippen LogP) is 6.13. The van der Waals surface area contributed by atoms with Crippen molar-refractivity contribution in [3.63, 3.8) is 0 Å². The monoisotopic (exact) mass is 463 g/mol. The molecule has 1 aromatic heterocycles. The first kappa shape index (κ1) is 21.7. The Bertz CT molecular complexity index is 1230. The van der Waals surface area contributed by atoms with Gasteiger partial charge >= 0.3 is 0 Å². The van der Waals surface area contributed by atoms with Gasteiger partial charge in [0, 0.05) is 28.0 Å². The van der Waals surface area contributed by atoms with Gasteiger partial charge in [0.2, 0.25) is 0 Å². The van der Waals surface area contributed by atoms with Crippen molar-refractivity contribution in [2.24, 2.45) is 5.10 Å². The highest BCUT2D eigenvalue weighted by molar-refractivity contribution is 6.35. The van der Waals surface area contributed by atoms with Crippen LogP contribution >= 0.6 is 23.2 Å². The minimum absolute atomic E-state index is 0.242. The molecule has 1 heterocycles. The standard InChI is InChI=1S/C25H19Cl2N3O2/c26-22-10-6-11-23(27)21(22)17-32-19-8-5-7-18(15-19)16-28-29-25(31)20-9-1-2-12-24(20)30-13-3-4-14-30/h1-16H,17H2,(H,29,31)/b28-16+. The van der Waals surface area contributed by atoms with E-state index in [0.29, 0.717) is 21.4 Å². The van der Waals surface area contributed by atoms with Crippen molar-refractivity contribution < 1.29 is 9.53 Å². The van der Waals surface area contributed by atoms with Crippen LogP contribution in [0.3, 0.4) is 0 Å². The number of hydrogen-bond acceptors (Lipinski definition) is 3. The molecule has 0 radical (unpaired) electrons. The number of nitrogens with one attached hydrogen (secondary N) is 1. The normalized spacial score (nSPS) is 10.9. The van der Waals surface area contributed by atoms with Crippen molar-refractivity contribution in [1.29, 1.82) is 0 Å². The molecule has 0 unspecified atom stereocenters. The second kappa shape index (κ2) is 10.2. The fourth-order valence-corrected chi connectivity index (χ4v) is 3.63. The molecule has 4 rings (SSSR count). The highest BCUT2D eigenvalue weighted by atomic mass is 35.5. The second-order valence-corrected chi connectivity index (χ2v) is 7.68. The zero-order valence-electron chi connectivity index (χ0n) is 16.9. The number of hydrogen-bond donors (Lipinski definition) is 1. The van der Waals surface area contributed by atoms with E-state index in [2.05, 4.69) is 10.5 Å².